The Morgan fingerprint density at radius 1 is 1.21 bits per heavy atom. The van der Waals surface area contributed by atoms with Crippen molar-refractivity contribution in [2.75, 3.05) is 5.32 Å². The fourth-order valence-electron chi connectivity index (χ4n) is 4.58. The van der Waals surface area contributed by atoms with Crippen molar-refractivity contribution in [3.8, 4) is 17.5 Å². The normalized spacial score (nSPS) is 18.9. The van der Waals surface area contributed by atoms with Crippen LogP contribution in [0.5, 0.6) is 0 Å². The van der Waals surface area contributed by atoms with E-state index in [0.29, 0.717) is 5.76 Å². The number of rotatable bonds is 3. The Kier molecular flexibility index (Phi) is 3.01. The molecule has 28 heavy (non-hydrogen) atoms. The molecule has 1 atom stereocenters. The van der Waals surface area contributed by atoms with Gasteiger partial charge in [-0.2, -0.15) is 10.4 Å². The lowest BCUT2D eigenvalue weighted by atomic mass is 9.97. The number of nitrogens with one attached hydrogen (secondary N) is 2. The second-order valence-corrected chi connectivity index (χ2v) is 7.79. The van der Waals surface area contributed by atoms with Crippen molar-refractivity contribution in [1.29, 1.82) is 5.26 Å². The Morgan fingerprint density at radius 2 is 2.14 bits per heavy atom. The zero-order valence-corrected chi connectivity index (χ0v) is 15.1. The van der Waals surface area contributed by atoms with Gasteiger partial charge in [-0.25, -0.2) is 4.98 Å². The third kappa shape index (κ3) is 2.20. The van der Waals surface area contributed by atoms with E-state index in [1.54, 1.807) is 6.20 Å². The molecule has 1 saturated carbocycles. The Balaban J connectivity index is 1.37. The molecule has 4 aromatic rings. The van der Waals surface area contributed by atoms with Gasteiger partial charge in [0, 0.05) is 11.1 Å². The van der Waals surface area contributed by atoms with Crippen molar-refractivity contribution in [3.63, 3.8) is 0 Å². The van der Waals surface area contributed by atoms with Crippen molar-refractivity contribution in [2.45, 2.75) is 30.7 Å². The first-order valence-electron chi connectivity index (χ1n) is 9.44. The molecule has 2 aliphatic carbocycles. The number of fused-ring (bicyclic) bond motifs is 3. The van der Waals surface area contributed by atoms with Crippen LogP contribution in [0.25, 0.3) is 22.4 Å². The molecule has 0 amide bonds. The number of hydrogen-bond donors (Lipinski definition) is 2. The summed E-state index contributed by atoms with van der Waals surface area (Å²) in [4.78, 5) is 3.99. The molecule has 6 heteroatoms. The molecule has 2 aromatic carbocycles. The average Bonchev–Trinajstić information content (AvgIpc) is 3.07. The molecule has 0 radical (unpaired) electrons. The molecule has 2 N–H and O–H groups in total. The summed E-state index contributed by atoms with van der Waals surface area (Å²) in [7, 11) is 0. The van der Waals surface area contributed by atoms with Gasteiger partial charge < -0.3 is 9.73 Å². The maximum atomic E-state index is 9.26. The Labute approximate surface area is 161 Å². The van der Waals surface area contributed by atoms with Crippen LogP contribution in [0.1, 0.15) is 42.0 Å². The highest BCUT2D eigenvalue weighted by molar-refractivity contribution is 5.93. The molecule has 1 fully saturated rings. The van der Waals surface area contributed by atoms with Crippen molar-refractivity contribution in [2.24, 2.45) is 0 Å². The lowest BCUT2D eigenvalue weighted by molar-refractivity contribution is 0.570. The van der Waals surface area contributed by atoms with E-state index in [9.17, 15) is 5.26 Å². The topological polar surface area (TPSA) is 90.5 Å². The molecule has 2 aliphatic rings. The molecule has 0 aliphatic heterocycles. The molecule has 0 saturated heterocycles. The molecule has 0 unspecified atom stereocenters. The van der Waals surface area contributed by atoms with Crippen LogP contribution in [0.4, 0.5) is 5.69 Å². The first-order valence-corrected chi connectivity index (χ1v) is 9.44. The van der Waals surface area contributed by atoms with Crippen molar-refractivity contribution in [1.82, 2.24) is 15.2 Å². The highest BCUT2D eigenvalue weighted by atomic mass is 16.3. The van der Waals surface area contributed by atoms with Gasteiger partial charge in [-0.1, -0.05) is 6.07 Å². The monoisotopic (exact) mass is 367 g/mol. The van der Waals surface area contributed by atoms with Gasteiger partial charge in [0.05, 0.1) is 29.4 Å². The van der Waals surface area contributed by atoms with Crippen molar-refractivity contribution in [3.05, 3.63) is 65.7 Å². The number of H-pyrrole nitrogens is 1. The Hall–Kier alpha value is -3.59. The van der Waals surface area contributed by atoms with E-state index in [1.807, 2.05) is 12.1 Å². The van der Waals surface area contributed by atoms with E-state index in [2.05, 4.69) is 50.8 Å². The van der Waals surface area contributed by atoms with Crippen LogP contribution in [0.15, 0.2) is 53.4 Å². The summed E-state index contributed by atoms with van der Waals surface area (Å²) in [5, 5.41) is 21.4. The van der Waals surface area contributed by atoms with Gasteiger partial charge >= 0.3 is 0 Å². The molecule has 6 nitrogen and oxygen atoms in total. The van der Waals surface area contributed by atoms with E-state index in [1.165, 1.54) is 30.4 Å². The molecular weight excluding hydrogens is 350 g/mol. The summed E-state index contributed by atoms with van der Waals surface area (Å²) in [5.74, 6) is 0.649. The Bertz CT molecular complexity index is 1240. The first kappa shape index (κ1) is 15.5. The number of anilines is 1. The molecule has 6 rings (SSSR count). The second kappa shape index (κ2) is 5.46. The summed E-state index contributed by atoms with van der Waals surface area (Å²) in [6.07, 6.45) is 6.59. The predicted octanol–water partition coefficient (Wildman–Crippen LogP) is 4.68. The lowest BCUT2D eigenvalue weighted by Gasteiger charge is -2.16. The number of oxazole rings is 1. The predicted molar refractivity (Wildman–Crippen MR) is 105 cm³/mol. The van der Waals surface area contributed by atoms with Gasteiger partial charge in [-0.3, -0.25) is 5.10 Å². The standard InChI is InChI=1S/C22H17N5O/c23-10-13-1-3-15-17(7-13)22(5-6-22)9-19(15)25-14-2-4-18-16(8-14)21(27-26-18)20-11-24-12-28-20/h1-4,7-8,11-12,19,25H,5-6,9H2,(H,26,27)/t19-/m0/s1. The third-order valence-electron chi connectivity index (χ3n) is 6.15. The second-order valence-electron chi connectivity index (χ2n) is 7.79. The number of nitriles is 1. The summed E-state index contributed by atoms with van der Waals surface area (Å²) >= 11 is 0. The summed E-state index contributed by atoms with van der Waals surface area (Å²) in [5.41, 5.74) is 6.47. The smallest absolute Gasteiger partial charge is 0.181 e. The molecule has 2 aromatic heterocycles. The number of hydrogen-bond acceptors (Lipinski definition) is 5. The summed E-state index contributed by atoms with van der Waals surface area (Å²) < 4.78 is 5.42. The molecule has 0 bridgehead atoms. The van der Waals surface area contributed by atoms with E-state index in [-0.39, 0.29) is 11.5 Å². The van der Waals surface area contributed by atoms with Crippen LogP contribution in [-0.4, -0.2) is 15.2 Å². The SMILES string of the molecule is N#Cc1ccc2c(c1)C1(CC1)C[C@@H]2Nc1ccc2[nH]nc(-c3cnco3)c2c1. The zero-order chi connectivity index (χ0) is 18.7. The minimum absolute atomic E-state index is 0.253. The Morgan fingerprint density at radius 3 is 2.93 bits per heavy atom. The summed E-state index contributed by atoms with van der Waals surface area (Å²) in [6, 6.07) is 14.9. The maximum Gasteiger partial charge on any atom is 0.181 e. The summed E-state index contributed by atoms with van der Waals surface area (Å²) in [6.45, 7) is 0. The van der Waals surface area contributed by atoms with Crippen LogP contribution in [-0.2, 0) is 5.41 Å². The average molecular weight is 367 g/mol. The maximum absolute atomic E-state index is 9.26. The van der Waals surface area contributed by atoms with Crippen LogP contribution in [0.2, 0.25) is 0 Å². The number of benzene rings is 2. The minimum Gasteiger partial charge on any atom is -0.442 e. The highest BCUT2D eigenvalue weighted by Gasteiger charge is 2.52. The van der Waals surface area contributed by atoms with Crippen LogP contribution < -0.4 is 5.32 Å². The van der Waals surface area contributed by atoms with Gasteiger partial charge in [0.1, 0.15) is 5.69 Å². The molecular formula is C22H17N5O. The van der Waals surface area contributed by atoms with Crippen molar-refractivity contribution < 1.29 is 4.42 Å². The van der Waals surface area contributed by atoms with E-state index in [0.717, 1.165) is 34.3 Å². The molecule has 1 spiro atoms. The fourth-order valence-corrected chi connectivity index (χ4v) is 4.58. The van der Waals surface area contributed by atoms with Gasteiger partial charge in [-0.05, 0) is 66.1 Å². The minimum atomic E-state index is 0.253. The highest BCUT2D eigenvalue weighted by Crippen LogP contribution is 2.60. The molecule has 136 valence electrons. The van der Waals surface area contributed by atoms with E-state index >= 15 is 0 Å². The van der Waals surface area contributed by atoms with Crippen molar-refractivity contribution >= 4 is 16.6 Å². The lowest BCUT2D eigenvalue weighted by Crippen LogP contribution is -2.08. The van der Waals surface area contributed by atoms with Gasteiger partial charge in [0.2, 0.25) is 0 Å². The zero-order valence-electron chi connectivity index (χ0n) is 15.1. The number of aromatic amines is 1. The fraction of sp³-hybridized carbons (Fsp3) is 0.227. The van der Waals surface area contributed by atoms with E-state index < -0.39 is 0 Å². The third-order valence-corrected chi connectivity index (χ3v) is 6.15. The first-order chi connectivity index (χ1) is 13.8. The van der Waals surface area contributed by atoms with Gasteiger partial charge in [0.15, 0.2) is 12.2 Å². The number of nitrogens with zero attached hydrogens (tertiary/aromatic N) is 3. The quantitative estimate of drug-likeness (QED) is 0.549. The van der Waals surface area contributed by atoms with Crippen LogP contribution in [0.3, 0.4) is 0 Å². The largest absolute Gasteiger partial charge is 0.442 e. The van der Waals surface area contributed by atoms with Crippen LogP contribution in [0, 0.1) is 11.3 Å². The van der Waals surface area contributed by atoms with E-state index in [4.69, 9.17) is 4.42 Å². The van der Waals surface area contributed by atoms with Gasteiger partial charge in [-0.15, -0.1) is 0 Å². The number of aromatic nitrogens is 3. The van der Waals surface area contributed by atoms with Gasteiger partial charge in [0.25, 0.3) is 0 Å². The van der Waals surface area contributed by atoms with Crippen LogP contribution >= 0.6 is 0 Å². The molecule has 2 heterocycles.